The number of hydrogen-bond acceptors (Lipinski definition) is 4. The van der Waals surface area contributed by atoms with Gasteiger partial charge in [-0.3, -0.25) is 9.69 Å². The van der Waals surface area contributed by atoms with E-state index >= 15 is 0 Å². The SMILES string of the molecule is Cc1ccc(CN(C)CC(=O)Nc2sc3c(c2C#N)CC[C@H](C)C3)cc1. The number of amides is 1. The maximum absolute atomic E-state index is 12.5. The normalized spacial score (nSPS) is 16.2. The van der Waals surface area contributed by atoms with E-state index in [2.05, 4.69) is 49.5 Å². The lowest BCUT2D eigenvalue weighted by atomic mass is 9.89. The van der Waals surface area contributed by atoms with Gasteiger partial charge in [0, 0.05) is 11.4 Å². The van der Waals surface area contributed by atoms with Crippen molar-refractivity contribution < 1.29 is 4.79 Å². The van der Waals surface area contributed by atoms with Crippen LogP contribution in [-0.2, 0) is 24.2 Å². The van der Waals surface area contributed by atoms with Crippen LogP contribution < -0.4 is 5.32 Å². The lowest BCUT2D eigenvalue weighted by molar-refractivity contribution is -0.117. The first-order chi connectivity index (χ1) is 12.5. The van der Waals surface area contributed by atoms with Crippen molar-refractivity contribution in [2.24, 2.45) is 5.92 Å². The van der Waals surface area contributed by atoms with Crippen molar-refractivity contribution in [1.82, 2.24) is 4.90 Å². The molecule has 1 aliphatic carbocycles. The Bertz CT molecular complexity index is 832. The zero-order valence-corrected chi connectivity index (χ0v) is 16.4. The van der Waals surface area contributed by atoms with Crippen LogP contribution in [-0.4, -0.2) is 24.4 Å². The lowest BCUT2D eigenvalue weighted by Gasteiger charge is -2.17. The Balaban J connectivity index is 1.63. The van der Waals surface area contributed by atoms with Gasteiger partial charge in [0.25, 0.3) is 0 Å². The summed E-state index contributed by atoms with van der Waals surface area (Å²) >= 11 is 1.58. The molecule has 4 nitrogen and oxygen atoms in total. The third kappa shape index (κ3) is 4.32. The fourth-order valence-corrected chi connectivity index (χ4v) is 4.81. The highest BCUT2D eigenvalue weighted by Gasteiger charge is 2.24. The molecule has 1 heterocycles. The van der Waals surface area contributed by atoms with E-state index in [0.29, 0.717) is 18.0 Å². The van der Waals surface area contributed by atoms with Crippen LogP contribution >= 0.6 is 11.3 Å². The first-order valence-corrected chi connectivity index (χ1v) is 9.86. The molecule has 1 aliphatic rings. The summed E-state index contributed by atoms with van der Waals surface area (Å²) in [5.74, 6) is 0.583. The number of hydrogen-bond donors (Lipinski definition) is 1. The van der Waals surface area contributed by atoms with Crippen molar-refractivity contribution in [2.45, 2.75) is 39.7 Å². The third-order valence-electron chi connectivity index (χ3n) is 4.86. The van der Waals surface area contributed by atoms with E-state index in [-0.39, 0.29) is 5.91 Å². The summed E-state index contributed by atoms with van der Waals surface area (Å²) < 4.78 is 0. The number of nitrogens with one attached hydrogen (secondary N) is 1. The molecule has 0 saturated heterocycles. The van der Waals surface area contributed by atoms with Crippen molar-refractivity contribution >= 4 is 22.2 Å². The van der Waals surface area contributed by atoms with E-state index < -0.39 is 0 Å². The number of nitrogens with zero attached hydrogens (tertiary/aromatic N) is 2. The van der Waals surface area contributed by atoms with Crippen molar-refractivity contribution in [2.75, 3.05) is 18.9 Å². The van der Waals surface area contributed by atoms with E-state index in [4.69, 9.17) is 0 Å². The van der Waals surface area contributed by atoms with Crippen molar-refractivity contribution in [1.29, 1.82) is 5.26 Å². The molecule has 26 heavy (non-hydrogen) atoms. The van der Waals surface area contributed by atoms with Crippen LogP contribution in [0.3, 0.4) is 0 Å². The number of nitriles is 1. The van der Waals surface area contributed by atoms with Gasteiger partial charge in [-0.2, -0.15) is 5.26 Å². The quantitative estimate of drug-likeness (QED) is 0.865. The van der Waals surface area contributed by atoms with Crippen LogP contribution in [0.5, 0.6) is 0 Å². The van der Waals surface area contributed by atoms with Crippen molar-refractivity contribution in [3.63, 3.8) is 0 Å². The van der Waals surface area contributed by atoms with Crippen LogP contribution in [0.25, 0.3) is 0 Å². The summed E-state index contributed by atoms with van der Waals surface area (Å²) in [6.07, 6.45) is 3.07. The second-order valence-corrected chi connectivity index (χ2v) is 8.48. The highest BCUT2D eigenvalue weighted by atomic mass is 32.1. The monoisotopic (exact) mass is 367 g/mol. The van der Waals surface area contributed by atoms with Gasteiger partial charge < -0.3 is 5.32 Å². The summed E-state index contributed by atoms with van der Waals surface area (Å²) in [4.78, 5) is 15.7. The summed E-state index contributed by atoms with van der Waals surface area (Å²) in [6, 6.07) is 10.6. The van der Waals surface area contributed by atoms with Gasteiger partial charge in [0.05, 0.1) is 12.1 Å². The number of thiophene rings is 1. The molecule has 0 fully saturated rings. The predicted molar refractivity (Wildman–Crippen MR) is 106 cm³/mol. The largest absolute Gasteiger partial charge is 0.315 e. The molecule has 2 aromatic rings. The van der Waals surface area contributed by atoms with Crippen LogP contribution in [0.2, 0.25) is 0 Å². The molecule has 1 amide bonds. The second-order valence-electron chi connectivity index (χ2n) is 7.37. The Kier molecular flexibility index (Phi) is 5.75. The molecule has 1 N–H and O–H groups in total. The maximum atomic E-state index is 12.5. The minimum absolute atomic E-state index is 0.0669. The van der Waals surface area contributed by atoms with Crippen molar-refractivity contribution in [3.8, 4) is 6.07 Å². The molecule has 0 radical (unpaired) electrons. The first kappa shape index (κ1) is 18.6. The smallest absolute Gasteiger partial charge is 0.239 e. The third-order valence-corrected chi connectivity index (χ3v) is 6.03. The molecular formula is C21H25N3OS. The Morgan fingerprint density at radius 3 is 2.81 bits per heavy atom. The zero-order chi connectivity index (χ0) is 18.7. The average Bonchev–Trinajstić information content (AvgIpc) is 2.92. The topological polar surface area (TPSA) is 56.1 Å². The van der Waals surface area contributed by atoms with Gasteiger partial charge in [-0.05, 0) is 50.3 Å². The molecular weight excluding hydrogens is 342 g/mol. The molecule has 3 rings (SSSR count). The summed E-state index contributed by atoms with van der Waals surface area (Å²) in [5, 5.41) is 13.2. The van der Waals surface area contributed by atoms with E-state index in [9.17, 15) is 10.1 Å². The number of aryl methyl sites for hydroxylation is 1. The highest BCUT2D eigenvalue weighted by Crippen LogP contribution is 2.39. The molecule has 136 valence electrons. The minimum atomic E-state index is -0.0669. The van der Waals surface area contributed by atoms with E-state index in [1.165, 1.54) is 16.0 Å². The molecule has 1 atom stereocenters. The van der Waals surface area contributed by atoms with Crippen LogP contribution in [0.1, 0.15) is 40.5 Å². The summed E-state index contributed by atoms with van der Waals surface area (Å²) in [6.45, 7) is 5.33. The molecule has 0 aliphatic heterocycles. The lowest BCUT2D eigenvalue weighted by Crippen LogP contribution is -2.29. The zero-order valence-electron chi connectivity index (χ0n) is 15.6. The van der Waals surface area contributed by atoms with Crippen LogP contribution in [0, 0.1) is 24.2 Å². The maximum Gasteiger partial charge on any atom is 0.239 e. The Hall–Kier alpha value is -2.16. The van der Waals surface area contributed by atoms with Gasteiger partial charge in [0.15, 0.2) is 0 Å². The van der Waals surface area contributed by atoms with Gasteiger partial charge in [0.2, 0.25) is 5.91 Å². The van der Waals surface area contributed by atoms with Crippen LogP contribution in [0.4, 0.5) is 5.00 Å². The Morgan fingerprint density at radius 2 is 2.12 bits per heavy atom. The summed E-state index contributed by atoms with van der Waals surface area (Å²) in [7, 11) is 1.94. The summed E-state index contributed by atoms with van der Waals surface area (Å²) in [5.41, 5.74) is 4.24. The number of anilines is 1. The number of likely N-dealkylation sites (N-methyl/N-ethyl adjacent to an activating group) is 1. The van der Waals surface area contributed by atoms with E-state index in [1.54, 1.807) is 11.3 Å². The van der Waals surface area contributed by atoms with Gasteiger partial charge in [-0.25, -0.2) is 0 Å². The van der Waals surface area contributed by atoms with Crippen molar-refractivity contribution in [3.05, 3.63) is 51.4 Å². The van der Waals surface area contributed by atoms with Gasteiger partial charge >= 0.3 is 0 Å². The number of fused-ring (bicyclic) bond motifs is 1. The van der Waals surface area contributed by atoms with Gasteiger partial charge in [0.1, 0.15) is 11.1 Å². The molecule has 1 aromatic heterocycles. The average molecular weight is 368 g/mol. The number of carbonyl (C=O) groups is 1. The fraction of sp³-hybridized carbons (Fsp3) is 0.429. The molecule has 0 bridgehead atoms. The Labute approximate surface area is 159 Å². The number of rotatable bonds is 5. The standard InChI is InChI=1S/C21H25N3OS/c1-14-4-7-16(8-5-14)12-24(3)13-20(25)23-21-18(11-22)17-9-6-15(2)10-19(17)26-21/h4-5,7-8,15H,6,9-10,12-13H2,1-3H3,(H,23,25)/t15-/m0/s1. The van der Waals surface area contributed by atoms with Crippen LogP contribution in [0.15, 0.2) is 24.3 Å². The predicted octanol–water partition coefficient (Wildman–Crippen LogP) is 4.12. The molecule has 0 unspecified atom stereocenters. The fourth-order valence-electron chi connectivity index (χ4n) is 3.43. The molecule has 0 saturated carbocycles. The van der Waals surface area contributed by atoms with Gasteiger partial charge in [-0.15, -0.1) is 11.3 Å². The molecule has 1 aromatic carbocycles. The highest BCUT2D eigenvalue weighted by molar-refractivity contribution is 7.16. The molecule has 5 heteroatoms. The minimum Gasteiger partial charge on any atom is -0.315 e. The number of benzene rings is 1. The van der Waals surface area contributed by atoms with E-state index in [1.807, 2.05) is 11.9 Å². The molecule has 0 spiro atoms. The van der Waals surface area contributed by atoms with E-state index in [0.717, 1.165) is 36.4 Å². The van der Waals surface area contributed by atoms with Gasteiger partial charge in [-0.1, -0.05) is 36.8 Å². The first-order valence-electron chi connectivity index (χ1n) is 9.05. The second kappa shape index (κ2) is 8.03. The Morgan fingerprint density at radius 1 is 1.38 bits per heavy atom. The number of carbonyl (C=O) groups excluding carboxylic acids is 1.